The van der Waals surface area contributed by atoms with E-state index in [9.17, 15) is 0 Å². The fraction of sp³-hybridized carbons (Fsp3) is 0.286. The minimum atomic E-state index is 0.362. The third-order valence-electron chi connectivity index (χ3n) is 1.09. The predicted molar refractivity (Wildman–Crippen MR) is 39.8 cm³/mol. The lowest BCUT2D eigenvalue weighted by atomic mass is 10.4. The maximum atomic E-state index is 8.28. The van der Waals surface area contributed by atoms with Crippen LogP contribution in [0.4, 0.5) is 0 Å². The maximum Gasteiger partial charge on any atom is 0.160 e. The van der Waals surface area contributed by atoms with Crippen molar-refractivity contribution in [2.24, 2.45) is 0 Å². The average molecular weight is 153 g/mol. The van der Waals surface area contributed by atoms with Gasteiger partial charge in [0.25, 0.3) is 0 Å². The number of hydrogen-bond acceptors (Lipinski definition) is 3. The van der Waals surface area contributed by atoms with Crippen LogP contribution in [0.25, 0.3) is 0 Å². The SMILES string of the molecule is CSc1ccc(CC#N)o1. The molecule has 0 atom stereocenters. The molecule has 10 heavy (non-hydrogen) atoms. The first-order chi connectivity index (χ1) is 4.86. The van der Waals surface area contributed by atoms with Crippen LogP contribution < -0.4 is 0 Å². The molecule has 1 heterocycles. The largest absolute Gasteiger partial charge is 0.454 e. The van der Waals surface area contributed by atoms with Gasteiger partial charge in [-0.05, 0) is 18.4 Å². The van der Waals surface area contributed by atoms with Gasteiger partial charge in [-0.3, -0.25) is 0 Å². The summed E-state index contributed by atoms with van der Waals surface area (Å²) in [5.74, 6) is 0.742. The highest BCUT2D eigenvalue weighted by Gasteiger charge is 1.97. The van der Waals surface area contributed by atoms with Crippen LogP contribution in [-0.4, -0.2) is 6.26 Å². The topological polar surface area (TPSA) is 36.9 Å². The number of thioether (sulfide) groups is 1. The number of furan rings is 1. The van der Waals surface area contributed by atoms with E-state index in [1.165, 1.54) is 11.8 Å². The van der Waals surface area contributed by atoms with Crippen LogP contribution in [0.3, 0.4) is 0 Å². The van der Waals surface area contributed by atoms with Crippen molar-refractivity contribution in [2.45, 2.75) is 11.5 Å². The smallest absolute Gasteiger partial charge is 0.160 e. The van der Waals surface area contributed by atoms with Gasteiger partial charge in [-0.15, -0.1) is 0 Å². The molecule has 0 spiro atoms. The fourth-order valence-corrected chi connectivity index (χ4v) is 1.04. The zero-order valence-corrected chi connectivity index (χ0v) is 6.44. The van der Waals surface area contributed by atoms with Crippen molar-refractivity contribution in [3.8, 4) is 6.07 Å². The average Bonchev–Trinajstić information content (AvgIpc) is 2.37. The molecule has 1 aromatic rings. The Morgan fingerprint density at radius 3 is 3.00 bits per heavy atom. The Bertz CT molecular complexity index is 248. The second-order valence-corrected chi connectivity index (χ2v) is 2.57. The number of nitriles is 1. The molecule has 0 unspecified atom stereocenters. The second-order valence-electron chi connectivity index (χ2n) is 1.76. The van der Waals surface area contributed by atoms with Crippen molar-refractivity contribution in [1.82, 2.24) is 0 Å². The Morgan fingerprint density at radius 1 is 1.70 bits per heavy atom. The summed E-state index contributed by atoms with van der Waals surface area (Å²) in [5.41, 5.74) is 0. The van der Waals surface area contributed by atoms with E-state index in [0.717, 1.165) is 10.9 Å². The van der Waals surface area contributed by atoms with E-state index < -0.39 is 0 Å². The molecule has 0 aromatic carbocycles. The minimum absolute atomic E-state index is 0.362. The molecule has 0 bridgehead atoms. The van der Waals surface area contributed by atoms with Crippen LogP contribution in [0, 0.1) is 11.3 Å². The predicted octanol–water partition coefficient (Wildman–Crippen LogP) is 2.07. The van der Waals surface area contributed by atoms with Crippen molar-refractivity contribution in [3.63, 3.8) is 0 Å². The highest BCUT2D eigenvalue weighted by Crippen LogP contribution is 2.17. The van der Waals surface area contributed by atoms with Gasteiger partial charge in [0.1, 0.15) is 5.76 Å². The first-order valence-corrected chi connectivity index (χ1v) is 4.09. The molecule has 0 aliphatic rings. The molecule has 0 saturated carbocycles. The maximum absolute atomic E-state index is 8.28. The fourth-order valence-electron chi connectivity index (χ4n) is 0.641. The van der Waals surface area contributed by atoms with Gasteiger partial charge in [-0.25, -0.2) is 0 Å². The minimum Gasteiger partial charge on any atom is -0.454 e. The van der Waals surface area contributed by atoms with Crippen molar-refractivity contribution in [1.29, 1.82) is 5.26 Å². The normalized spacial score (nSPS) is 9.20. The summed E-state index contributed by atoms with van der Waals surface area (Å²) in [7, 11) is 0. The Hall–Kier alpha value is -0.880. The van der Waals surface area contributed by atoms with E-state index in [1.54, 1.807) is 0 Å². The lowest BCUT2D eigenvalue weighted by Gasteiger charge is -1.85. The van der Waals surface area contributed by atoms with Gasteiger partial charge < -0.3 is 4.42 Å². The van der Waals surface area contributed by atoms with Gasteiger partial charge in [-0.2, -0.15) is 5.26 Å². The summed E-state index contributed by atoms with van der Waals surface area (Å²) < 4.78 is 5.21. The molecule has 52 valence electrons. The standard InChI is InChI=1S/C7H7NOS/c1-10-7-3-2-6(9-7)4-5-8/h2-3H,4H2,1H3. The van der Waals surface area contributed by atoms with E-state index in [0.29, 0.717) is 6.42 Å². The summed E-state index contributed by atoms with van der Waals surface area (Å²) >= 11 is 1.54. The molecule has 0 fully saturated rings. The van der Waals surface area contributed by atoms with Crippen molar-refractivity contribution < 1.29 is 4.42 Å². The molecule has 1 rings (SSSR count). The lowest BCUT2D eigenvalue weighted by Crippen LogP contribution is -1.71. The van der Waals surface area contributed by atoms with E-state index in [1.807, 2.05) is 24.5 Å². The number of hydrogen-bond donors (Lipinski definition) is 0. The van der Waals surface area contributed by atoms with Crippen molar-refractivity contribution in [2.75, 3.05) is 6.26 Å². The van der Waals surface area contributed by atoms with Gasteiger partial charge in [0.15, 0.2) is 5.09 Å². The molecule has 3 heteroatoms. The number of rotatable bonds is 2. The monoisotopic (exact) mass is 153 g/mol. The molecular formula is C7H7NOS. The lowest BCUT2D eigenvalue weighted by molar-refractivity contribution is 0.442. The van der Waals surface area contributed by atoms with Crippen LogP contribution in [0.1, 0.15) is 5.76 Å². The van der Waals surface area contributed by atoms with Crippen LogP contribution in [0.15, 0.2) is 21.6 Å². The molecule has 0 radical (unpaired) electrons. The van der Waals surface area contributed by atoms with Gasteiger partial charge in [0, 0.05) is 0 Å². The van der Waals surface area contributed by atoms with Gasteiger partial charge in [-0.1, -0.05) is 11.8 Å². The zero-order chi connectivity index (χ0) is 7.40. The molecule has 1 aromatic heterocycles. The van der Waals surface area contributed by atoms with Crippen LogP contribution in [0.5, 0.6) is 0 Å². The van der Waals surface area contributed by atoms with Crippen LogP contribution in [0.2, 0.25) is 0 Å². The Morgan fingerprint density at radius 2 is 2.50 bits per heavy atom. The second kappa shape index (κ2) is 3.33. The summed E-state index contributed by atoms with van der Waals surface area (Å²) in [5, 5.41) is 9.15. The number of nitrogens with zero attached hydrogens (tertiary/aromatic N) is 1. The molecular weight excluding hydrogens is 146 g/mol. The summed E-state index contributed by atoms with van der Waals surface area (Å²) in [4.78, 5) is 0. The first kappa shape index (κ1) is 7.23. The van der Waals surface area contributed by atoms with Gasteiger partial charge in [0.2, 0.25) is 0 Å². The van der Waals surface area contributed by atoms with Crippen molar-refractivity contribution in [3.05, 3.63) is 17.9 Å². The van der Waals surface area contributed by atoms with Gasteiger partial charge >= 0.3 is 0 Å². The highest BCUT2D eigenvalue weighted by atomic mass is 32.2. The molecule has 0 amide bonds. The van der Waals surface area contributed by atoms with Crippen LogP contribution >= 0.6 is 11.8 Å². The third kappa shape index (κ3) is 1.55. The first-order valence-electron chi connectivity index (χ1n) is 2.86. The van der Waals surface area contributed by atoms with E-state index in [-0.39, 0.29) is 0 Å². The van der Waals surface area contributed by atoms with Crippen molar-refractivity contribution >= 4 is 11.8 Å². The van der Waals surface area contributed by atoms with E-state index >= 15 is 0 Å². The van der Waals surface area contributed by atoms with Crippen LogP contribution in [-0.2, 0) is 6.42 Å². The molecule has 0 aliphatic carbocycles. The van der Waals surface area contributed by atoms with E-state index in [4.69, 9.17) is 9.68 Å². The molecule has 0 saturated heterocycles. The molecule has 0 N–H and O–H groups in total. The van der Waals surface area contributed by atoms with Gasteiger partial charge in [0.05, 0.1) is 12.5 Å². The molecule has 0 aliphatic heterocycles. The highest BCUT2D eigenvalue weighted by molar-refractivity contribution is 7.98. The summed E-state index contributed by atoms with van der Waals surface area (Å²) in [6.07, 6.45) is 2.30. The zero-order valence-electron chi connectivity index (χ0n) is 5.63. The summed E-state index contributed by atoms with van der Waals surface area (Å²) in [6.45, 7) is 0. The Balaban J connectivity index is 2.70. The molecule has 2 nitrogen and oxygen atoms in total. The third-order valence-corrected chi connectivity index (χ3v) is 1.71. The Kier molecular flexibility index (Phi) is 2.41. The van der Waals surface area contributed by atoms with E-state index in [2.05, 4.69) is 0 Å². The summed E-state index contributed by atoms with van der Waals surface area (Å²) in [6, 6.07) is 5.72. The Labute approximate surface area is 63.8 Å². The quantitative estimate of drug-likeness (QED) is 0.610.